The van der Waals surface area contributed by atoms with Crippen LogP contribution in [-0.4, -0.2) is 35.4 Å². The summed E-state index contributed by atoms with van der Waals surface area (Å²) in [5, 5.41) is 3.09. The fraction of sp³-hybridized carbons (Fsp3) is 0.647. The highest BCUT2D eigenvalue weighted by Gasteiger charge is 2.24. The Bertz CT molecular complexity index is 445. The van der Waals surface area contributed by atoms with Crippen LogP contribution < -0.4 is 5.32 Å². The number of rotatable bonds is 4. The number of carbonyl (C=O) groups is 1. The lowest BCUT2D eigenvalue weighted by Crippen LogP contribution is -2.41. The maximum absolute atomic E-state index is 11.9. The van der Waals surface area contributed by atoms with E-state index in [0.29, 0.717) is 5.92 Å². The van der Waals surface area contributed by atoms with E-state index in [-0.39, 0.29) is 11.3 Å². The lowest BCUT2D eigenvalue weighted by molar-refractivity contribution is -0.128. The van der Waals surface area contributed by atoms with Gasteiger partial charge < -0.3 is 5.32 Å². The summed E-state index contributed by atoms with van der Waals surface area (Å²) in [4.78, 5) is 18.5. The molecular weight excluding hydrogens is 262 g/mol. The summed E-state index contributed by atoms with van der Waals surface area (Å²) in [6.45, 7) is 9.87. The molecular formula is C17H27N3O. The van der Waals surface area contributed by atoms with Crippen molar-refractivity contribution in [2.75, 3.05) is 19.6 Å². The van der Waals surface area contributed by atoms with E-state index < -0.39 is 0 Å². The summed E-state index contributed by atoms with van der Waals surface area (Å²) in [6.07, 6.45) is 6.07. The van der Waals surface area contributed by atoms with Crippen LogP contribution in [0.3, 0.4) is 0 Å². The first-order chi connectivity index (χ1) is 9.95. The fourth-order valence-corrected chi connectivity index (χ4v) is 2.60. The van der Waals surface area contributed by atoms with Gasteiger partial charge in [0.25, 0.3) is 0 Å². The first kappa shape index (κ1) is 16.0. The summed E-state index contributed by atoms with van der Waals surface area (Å²) in [5.74, 6) is 0.765. The Balaban J connectivity index is 1.70. The van der Waals surface area contributed by atoms with E-state index in [1.54, 1.807) is 0 Å². The summed E-state index contributed by atoms with van der Waals surface area (Å²) < 4.78 is 0. The zero-order valence-electron chi connectivity index (χ0n) is 13.4. The molecule has 1 saturated heterocycles. The molecule has 0 spiro atoms. The third-order valence-electron chi connectivity index (χ3n) is 4.07. The summed E-state index contributed by atoms with van der Waals surface area (Å²) in [5.41, 5.74) is 0.984. The van der Waals surface area contributed by atoms with E-state index in [2.05, 4.69) is 21.3 Å². The number of pyridine rings is 1. The van der Waals surface area contributed by atoms with Crippen LogP contribution in [0.25, 0.3) is 0 Å². The number of hydrogen-bond acceptors (Lipinski definition) is 3. The van der Waals surface area contributed by atoms with E-state index in [1.807, 2.05) is 39.2 Å². The smallest absolute Gasteiger partial charge is 0.225 e. The minimum absolute atomic E-state index is 0.153. The molecule has 0 bridgehead atoms. The highest BCUT2D eigenvalue weighted by atomic mass is 16.2. The average Bonchev–Trinajstić information content (AvgIpc) is 2.46. The highest BCUT2D eigenvalue weighted by Crippen LogP contribution is 2.19. The number of hydrogen-bond donors (Lipinski definition) is 1. The predicted molar refractivity (Wildman–Crippen MR) is 84.7 cm³/mol. The Morgan fingerprint density at radius 3 is 2.67 bits per heavy atom. The van der Waals surface area contributed by atoms with E-state index in [4.69, 9.17) is 0 Å². The molecule has 1 aliphatic heterocycles. The molecule has 21 heavy (non-hydrogen) atoms. The molecule has 0 aromatic carbocycles. The van der Waals surface area contributed by atoms with Crippen LogP contribution in [-0.2, 0) is 11.3 Å². The SMILES string of the molecule is CC(C)(C)C(=O)NCC1CCN(Cc2cccnc2)CC1. The molecule has 1 N–H and O–H groups in total. The number of likely N-dealkylation sites (tertiary alicyclic amines) is 1. The Labute approximate surface area is 127 Å². The number of amides is 1. The third kappa shape index (κ3) is 5.12. The quantitative estimate of drug-likeness (QED) is 0.926. The summed E-state index contributed by atoms with van der Waals surface area (Å²) >= 11 is 0. The van der Waals surface area contributed by atoms with E-state index in [1.165, 1.54) is 5.56 Å². The second-order valence-electron chi connectivity index (χ2n) is 7.04. The minimum atomic E-state index is -0.291. The number of nitrogens with zero attached hydrogens (tertiary/aromatic N) is 2. The largest absolute Gasteiger partial charge is 0.355 e. The Morgan fingerprint density at radius 2 is 2.10 bits per heavy atom. The van der Waals surface area contributed by atoms with Crippen molar-refractivity contribution in [2.24, 2.45) is 11.3 Å². The van der Waals surface area contributed by atoms with Crippen molar-refractivity contribution in [3.05, 3.63) is 30.1 Å². The molecule has 116 valence electrons. The predicted octanol–water partition coefficient (Wildman–Crippen LogP) is 2.46. The monoisotopic (exact) mass is 289 g/mol. The van der Waals surface area contributed by atoms with Gasteiger partial charge in [-0.25, -0.2) is 0 Å². The van der Waals surface area contributed by atoms with Crippen LogP contribution in [0.15, 0.2) is 24.5 Å². The standard InChI is InChI=1S/C17H27N3O/c1-17(2,3)16(21)19-12-14-6-9-20(10-7-14)13-15-5-4-8-18-11-15/h4-5,8,11,14H,6-7,9-10,12-13H2,1-3H3,(H,19,21). The van der Waals surface area contributed by atoms with Crippen LogP contribution in [0, 0.1) is 11.3 Å². The van der Waals surface area contributed by atoms with Crippen LogP contribution in [0.2, 0.25) is 0 Å². The molecule has 0 saturated carbocycles. The number of piperidine rings is 1. The van der Waals surface area contributed by atoms with Gasteiger partial charge in [-0.3, -0.25) is 14.7 Å². The Kier molecular flexibility index (Phi) is 5.34. The average molecular weight is 289 g/mol. The second-order valence-corrected chi connectivity index (χ2v) is 7.04. The molecule has 4 nitrogen and oxygen atoms in total. The number of nitrogens with one attached hydrogen (secondary N) is 1. The van der Waals surface area contributed by atoms with Crippen molar-refractivity contribution in [3.8, 4) is 0 Å². The Hall–Kier alpha value is -1.42. The van der Waals surface area contributed by atoms with Crippen molar-refractivity contribution < 1.29 is 4.79 Å². The van der Waals surface area contributed by atoms with Gasteiger partial charge in [-0.05, 0) is 43.5 Å². The molecule has 4 heteroatoms. The van der Waals surface area contributed by atoms with Gasteiger partial charge in [0.15, 0.2) is 0 Å². The van der Waals surface area contributed by atoms with Gasteiger partial charge in [0, 0.05) is 30.9 Å². The molecule has 1 fully saturated rings. The van der Waals surface area contributed by atoms with E-state index in [0.717, 1.165) is 39.0 Å². The van der Waals surface area contributed by atoms with Crippen molar-refractivity contribution in [1.29, 1.82) is 0 Å². The number of carbonyl (C=O) groups excluding carboxylic acids is 1. The third-order valence-corrected chi connectivity index (χ3v) is 4.07. The zero-order chi connectivity index (χ0) is 15.3. The highest BCUT2D eigenvalue weighted by molar-refractivity contribution is 5.81. The second kappa shape index (κ2) is 7.03. The molecule has 1 amide bonds. The molecule has 2 heterocycles. The number of aromatic nitrogens is 1. The van der Waals surface area contributed by atoms with Crippen LogP contribution in [0.1, 0.15) is 39.2 Å². The molecule has 0 unspecified atom stereocenters. The molecule has 0 radical (unpaired) electrons. The maximum Gasteiger partial charge on any atom is 0.225 e. The molecule has 0 aliphatic carbocycles. The Morgan fingerprint density at radius 1 is 1.38 bits per heavy atom. The van der Waals surface area contributed by atoms with Crippen LogP contribution >= 0.6 is 0 Å². The summed E-state index contributed by atoms with van der Waals surface area (Å²) in [7, 11) is 0. The zero-order valence-corrected chi connectivity index (χ0v) is 13.4. The molecule has 1 aromatic heterocycles. The van der Waals surface area contributed by atoms with Gasteiger partial charge in [-0.2, -0.15) is 0 Å². The van der Waals surface area contributed by atoms with Gasteiger partial charge in [-0.15, -0.1) is 0 Å². The normalized spacial score (nSPS) is 17.7. The van der Waals surface area contributed by atoms with E-state index in [9.17, 15) is 4.79 Å². The topological polar surface area (TPSA) is 45.2 Å². The van der Waals surface area contributed by atoms with Crippen molar-refractivity contribution in [2.45, 2.75) is 40.2 Å². The van der Waals surface area contributed by atoms with Gasteiger partial charge >= 0.3 is 0 Å². The van der Waals surface area contributed by atoms with Gasteiger partial charge in [0.1, 0.15) is 0 Å². The minimum Gasteiger partial charge on any atom is -0.355 e. The first-order valence-electron chi connectivity index (χ1n) is 7.85. The lowest BCUT2D eigenvalue weighted by Gasteiger charge is -2.32. The van der Waals surface area contributed by atoms with Gasteiger partial charge in [0.05, 0.1) is 0 Å². The lowest BCUT2D eigenvalue weighted by atomic mass is 9.93. The molecule has 1 aromatic rings. The molecule has 1 aliphatic rings. The molecule has 0 atom stereocenters. The molecule has 2 rings (SSSR count). The van der Waals surface area contributed by atoms with Crippen molar-refractivity contribution >= 4 is 5.91 Å². The fourth-order valence-electron chi connectivity index (χ4n) is 2.60. The maximum atomic E-state index is 11.9. The van der Waals surface area contributed by atoms with E-state index >= 15 is 0 Å². The van der Waals surface area contributed by atoms with Crippen molar-refractivity contribution in [1.82, 2.24) is 15.2 Å². The summed E-state index contributed by atoms with van der Waals surface area (Å²) in [6, 6.07) is 4.12. The van der Waals surface area contributed by atoms with Gasteiger partial charge in [-0.1, -0.05) is 26.8 Å². The van der Waals surface area contributed by atoms with Crippen LogP contribution in [0.4, 0.5) is 0 Å². The van der Waals surface area contributed by atoms with Crippen molar-refractivity contribution in [3.63, 3.8) is 0 Å². The van der Waals surface area contributed by atoms with Gasteiger partial charge in [0.2, 0.25) is 5.91 Å². The van der Waals surface area contributed by atoms with Crippen LogP contribution in [0.5, 0.6) is 0 Å². The first-order valence-corrected chi connectivity index (χ1v) is 7.85.